The Morgan fingerprint density at radius 2 is 2.29 bits per heavy atom. The molecule has 92 valence electrons. The first-order valence-electron chi connectivity index (χ1n) is 5.81. The number of nitrogens with zero attached hydrogens (tertiary/aromatic N) is 2. The molecule has 0 N–H and O–H groups in total. The third-order valence-electron chi connectivity index (χ3n) is 2.95. The van der Waals surface area contributed by atoms with Gasteiger partial charge in [-0.05, 0) is 5.41 Å². The molecule has 2 rings (SSSR count). The summed E-state index contributed by atoms with van der Waals surface area (Å²) in [4.78, 5) is 19.2. The monoisotopic (exact) mass is 250 g/mol. The number of hydrogen-bond donors (Lipinski definition) is 0. The van der Waals surface area contributed by atoms with Crippen LogP contribution in [0.3, 0.4) is 0 Å². The van der Waals surface area contributed by atoms with Crippen LogP contribution in [0.25, 0.3) is 0 Å². The minimum atomic E-state index is 0.0938. The zero-order chi connectivity index (χ0) is 12.6. The van der Waals surface area contributed by atoms with Crippen LogP contribution < -0.4 is 4.90 Å². The van der Waals surface area contributed by atoms with Gasteiger partial charge in [0.15, 0.2) is 5.13 Å². The molecule has 0 radical (unpaired) electrons. The summed E-state index contributed by atoms with van der Waals surface area (Å²) in [5.41, 5.74) is 0.0938. The summed E-state index contributed by atoms with van der Waals surface area (Å²) >= 11 is 1.61. The van der Waals surface area contributed by atoms with Crippen molar-refractivity contribution in [2.75, 3.05) is 11.4 Å². The first-order valence-corrected chi connectivity index (χ1v) is 6.62. The molecule has 0 aliphatic carbocycles. The Labute approximate surface area is 106 Å². The van der Waals surface area contributed by atoms with E-state index in [0.29, 0.717) is 6.42 Å². The minimum absolute atomic E-state index is 0.0938. The molecule has 1 aliphatic rings. The van der Waals surface area contributed by atoms with E-state index in [4.69, 9.17) is 0 Å². The molecule has 4 heteroatoms. The highest BCUT2D eigenvalue weighted by Gasteiger charge is 2.31. The van der Waals surface area contributed by atoms with Gasteiger partial charge in [-0.15, -0.1) is 17.9 Å². The van der Waals surface area contributed by atoms with Gasteiger partial charge < -0.3 is 0 Å². The number of anilines is 1. The number of thiazole rings is 1. The van der Waals surface area contributed by atoms with Crippen molar-refractivity contribution in [1.29, 1.82) is 0 Å². The van der Waals surface area contributed by atoms with Crippen LogP contribution in [0.2, 0.25) is 0 Å². The van der Waals surface area contributed by atoms with Gasteiger partial charge in [-0.2, -0.15) is 0 Å². The van der Waals surface area contributed by atoms with E-state index in [0.717, 1.165) is 11.7 Å². The lowest BCUT2D eigenvalue weighted by atomic mass is 9.96. The van der Waals surface area contributed by atoms with Gasteiger partial charge in [-0.3, -0.25) is 9.69 Å². The normalized spacial score (nSPS) is 21.0. The predicted octanol–water partition coefficient (Wildman–Crippen LogP) is 2.98. The summed E-state index contributed by atoms with van der Waals surface area (Å²) in [7, 11) is 0. The highest BCUT2D eigenvalue weighted by atomic mass is 32.1. The van der Waals surface area contributed by atoms with Crippen molar-refractivity contribution < 1.29 is 4.79 Å². The Kier molecular flexibility index (Phi) is 3.08. The van der Waals surface area contributed by atoms with Gasteiger partial charge in [0.25, 0.3) is 0 Å². The van der Waals surface area contributed by atoms with E-state index in [1.54, 1.807) is 16.2 Å². The van der Waals surface area contributed by atoms with Crippen LogP contribution in [0.15, 0.2) is 18.9 Å². The lowest BCUT2D eigenvalue weighted by Crippen LogP contribution is -2.24. The highest BCUT2D eigenvalue weighted by molar-refractivity contribution is 7.15. The van der Waals surface area contributed by atoms with Crippen LogP contribution in [-0.2, 0) is 10.2 Å². The van der Waals surface area contributed by atoms with Crippen LogP contribution >= 0.6 is 11.3 Å². The van der Waals surface area contributed by atoms with E-state index in [1.807, 2.05) is 12.3 Å². The SMILES string of the molecule is C=CC1CC(=O)N(c2ncc(C(C)(C)C)s2)C1. The number of amides is 1. The third kappa shape index (κ3) is 2.41. The van der Waals surface area contributed by atoms with Crippen LogP contribution in [0.5, 0.6) is 0 Å². The highest BCUT2D eigenvalue weighted by Crippen LogP contribution is 2.34. The second kappa shape index (κ2) is 4.26. The largest absolute Gasteiger partial charge is 0.288 e. The lowest BCUT2D eigenvalue weighted by molar-refractivity contribution is -0.117. The first kappa shape index (κ1) is 12.3. The fourth-order valence-electron chi connectivity index (χ4n) is 1.81. The fraction of sp³-hybridized carbons (Fsp3) is 0.538. The molecule has 1 fully saturated rings. The van der Waals surface area contributed by atoms with Gasteiger partial charge >= 0.3 is 0 Å². The molecule has 1 aromatic rings. The lowest BCUT2D eigenvalue weighted by Gasteiger charge is -2.15. The second-order valence-corrected chi connectivity index (χ2v) is 6.47. The van der Waals surface area contributed by atoms with Gasteiger partial charge in [0.05, 0.1) is 0 Å². The van der Waals surface area contributed by atoms with Crippen molar-refractivity contribution in [3.05, 3.63) is 23.7 Å². The molecule has 3 nitrogen and oxygen atoms in total. The smallest absolute Gasteiger partial charge is 0.229 e. The molecule has 0 spiro atoms. The summed E-state index contributed by atoms with van der Waals surface area (Å²) in [5.74, 6) is 0.425. The molecule has 0 aromatic carbocycles. The van der Waals surface area contributed by atoms with Gasteiger partial charge in [0.2, 0.25) is 5.91 Å². The Hall–Kier alpha value is -1.16. The van der Waals surface area contributed by atoms with E-state index >= 15 is 0 Å². The second-order valence-electron chi connectivity index (χ2n) is 5.46. The predicted molar refractivity (Wildman–Crippen MR) is 71.5 cm³/mol. The van der Waals surface area contributed by atoms with Gasteiger partial charge in [0.1, 0.15) is 0 Å². The molecule has 1 aliphatic heterocycles. The van der Waals surface area contributed by atoms with Crippen molar-refractivity contribution in [3.63, 3.8) is 0 Å². The molecule has 17 heavy (non-hydrogen) atoms. The van der Waals surface area contributed by atoms with Crippen molar-refractivity contribution in [2.45, 2.75) is 32.6 Å². The fourth-order valence-corrected chi connectivity index (χ4v) is 2.81. The number of rotatable bonds is 2. The topological polar surface area (TPSA) is 33.2 Å². The molecular weight excluding hydrogens is 232 g/mol. The van der Waals surface area contributed by atoms with Crippen molar-refractivity contribution in [1.82, 2.24) is 4.98 Å². The molecule has 1 unspecified atom stereocenters. The van der Waals surface area contributed by atoms with Crippen LogP contribution in [-0.4, -0.2) is 17.4 Å². The summed E-state index contributed by atoms with van der Waals surface area (Å²) in [6.07, 6.45) is 4.30. The Bertz CT molecular complexity index is 445. The number of carbonyl (C=O) groups excluding carboxylic acids is 1. The van der Waals surface area contributed by atoms with E-state index in [1.165, 1.54) is 4.88 Å². The number of carbonyl (C=O) groups is 1. The Morgan fingerprint density at radius 3 is 2.76 bits per heavy atom. The molecule has 1 amide bonds. The molecule has 1 saturated heterocycles. The maximum absolute atomic E-state index is 11.8. The average molecular weight is 250 g/mol. The Balaban J connectivity index is 2.21. The molecule has 0 saturated carbocycles. The number of hydrogen-bond acceptors (Lipinski definition) is 3. The van der Waals surface area contributed by atoms with Gasteiger partial charge in [-0.1, -0.05) is 26.8 Å². The van der Waals surface area contributed by atoms with E-state index < -0.39 is 0 Å². The molecule has 1 atom stereocenters. The molecule has 1 aromatic heterocycles. The first-order chi connectivity index (χ1) is 7.91. The van der Waals surface area contributed by atoms with Crippen molar-refractivity contribution >= 4 is 22.4 Å². The molecular formula is C13H18N2OS. The van der Waals surface area contributed by atoms with Gasteiger partial charge in [0, 0.05) is 30.0 Å². The van der Waals surface area contributed by atoms with E-state index in [-0.39, 0.29) is 17.2 Å². The zero-order valence-corrected chi connectivity index (χ0v) is 11.4. The Morgan fingerprint density at radius 1 is 1.59 bits per heavy atom. The van der Waals surface area contributed by atoms with Crippen LogP contribution in [0.1, 0.15) is 32.1 Å². The summed E-state index contributed by atoms with van der Waals surface area (Å²) in [6.45, 7) is 10.9. The van der Waals surface area contributed by atoms with E-state index in [2.05, 4.69) is 32.3 Å². The zero-order valence-electron chi connectivity index (χ0n) is 10.6. The third-order valence-corrected chi connectivity index (χ3v) is 4.40. The minimum Gasteiger partial charge on any atom is -0.288 e. The summed E-state index contributed by atoms with van der Waals surface area (Å²) in [6, 6.07) is 0. The van der Waals surface area contributed by atoms with Crippen molar-refractivity contribution in [2.24, 2.45) is 5.92 Å². The number of aromatic nitrogens is 1. The van der Waals surface area contributed by atoms with Crippen LogP contribution in [0.4, 0.5) is 5.13 Å². The standard InChI is InChI=1S/C13H18N2OS/c1-5-9-6-11(16)15(8-9)12-14-7-10(17-12)13(2,3)4/h5,7,9H,1,6,8H2,2-4H3. The molecule has 2 heterocycles. The maximum atomic E-state index is 11.8. The van der Waals surface area contributed by atoms with Crippen molar-refractivity contribution in [3.8, 4) is 0 Å². The summed E-state index contributed by atoms with van der Waals surface area (Å²) < 4.78 is 0. The molecule has 0 bridgehead atoms. The maximum Gasteiger partial charge on any atom is 0.229 e. The van der Waals surface area contributed by atoms with Gasteiger partial charge in [-0.25, -0.2) is 4.98 Å². The summed E-state index contributed by atoms with van der Waals surface area (Å²) in [5, 5.41) is 0.823. The quantitative estimate of drug-likeness (QED) is 0.756. The van der Waals surface area contributed by atoms with E-state index in [9.17, 15) is 4.79 Å². The van der Waals surface area contributed by atoms with Crippen LogP contribution in [0, 0.1) is 5.92 Å². The average Bonchev–Trinajstić information content (AvgIpc) is 2.82.